The summed E-state index contributed by atoms with van der Waals surface area (Å²) < 4.78 is 19.4. The van der Waals surface area contributed by atoms with Crippen LogP contribution in [0.25, 0.3) is 6.08 Å². The Kier molecular flexibility index (Phi) is 7.40. The van der Waals surface area contributed by atoms with Crippen molar-refractivity contribution in [2.45, 2.75) is 32.9 Å². The molecule has 0 saturated carbocycles. The summed E-state index contributed by atoms with van der Waals surface area (Å²) in [4.78, 5) is 13.9. The lowest BCUT2D eigenvalue weighted by molar-refractivity contribution is -0.137. The van der Waals surface area contributed by atoms with Crippen LogP contribution in [0.3, 0.4) is 0 Å². The van der Waals surface area contributed by atoms with Gasteiger partial charge < -0.3 is 15.0 Å². The van der Waals surface area contributed by atoms with Crippen molar-refractivity contribution >= 4 is 23.4 Å². The Morgan fingerprint density at radius 1 is 1.09 bits per heavy atom. The molecule has 0 fully saturated rings. The highest BCUT2D eigenvalue weighted by molar-refractivity contribution is 5.87. The summed E-state index contributed by atoms with van der Waals surface area (Å²) in [7, 11) is 0. The molecule has 0 spiro atoms. The molecule has 33 heavy (non-hydrogen) atoms. The number of aryl methyl sites for hydroxylation is 1. The number of nitrogens with zero attached hydrogens (tertiary/aromatic N) is 1. The van der Waals surface area contributed by atoms with Gasteiger partial charge in [0.1, 0.15) is 5.82 Å². The fourth-order valence-electron chi connectivity index (χ4n) is 4.20. The van der Waals surface area contributed by atoms with Crippen molar-refractivity contribution in [1.82, 2.24) is 0 Å². The molecule has 1 N–H and O–H groups in total. The van der Waals surface area contributed by atoms with Gasteiger partial charge >= 0.3 is 5.97 Å². The van der Waals surface area contributed by atoms with E-state index >= 15 is 0 Å². The summed E-state index contributed by atoms with van der Waals surface area (Å²) in [5, 5.41) is 3.52. The second kappa shape index (κ2) is 10.8. The molecular formula is C28H29FN2O2. The maximum absolute atomic E-state index is 14.6. The third-order valence-corrected chi connectivity index (χ3v) is 5.76. The van der Waals surface area contributed by atoms with Crippen LogP contribution in [0.15, 0.2) is 72.8 Å². The van der Waals surface area contributed by atoms with Gasteiger partial charge in [0.25, 0.3) is 0 Å². The molecule has 0 radical (unpaired) electrons. The topological polar surface area (TPSA) is 41.6 Å². The van der Waals surface area contributed by atoms with Gasteiger partial charge in [-0.1, -0.05) is 54.6 Å². The molecule has 0 unspecified atom stereocenters. The number of nitrogens with one attached hydrogen (secondary N) is 1. The first-order chi connectivity index (χ1) is 16.1. The Hall–Kier alpha value is -3.60. The van der Waals surface area contributed by atoms with E-state index in [1.54, 1.807) is 13.0 Å². The van der Waals surface area contributed by atoms with E-state index in [4.69, 9.17) is 4.74 Å². The average molecular weight is 445 g/mol. The Morgan fingerprint density at radius 2 is 1.94 bits per heavy atom. The van der Waals surface area contributed by atoms with Gasteiger partial charge in [0, 0.05) is 31.3 Å². The third kappa shape index (κ3) is 5.80. The summed E-state index contributed by atoms with van der Waals surface area (Å²) >= 11 is 0. The molecule has 3 aromatic carbocycles. The van der Waals surface area contributed by atoms with Crippen LogP contribution < -0.4 is 10.2 Å². The van der Waals surface area contributed by atoms with Crippen LogP contribution in [0.2, 0.25) is 0 Å². The molecule has 0 amide bonds. The van der Waals surface area contributed by atoms with E-state index in [1.807, 2.05) is 12.1 Å². The highest BCUT2D eigenvalue weighted by atomic mass is 19.1. The number of fused-ring (bicyclic) bond motifs is 1. The molecule has 170 valence electrons. The van der Waals surface area contributed by atoms with Gasteiger partial charge in [-0.05, 0) is 54.7 Å². The van der Waals surface area contributed by atoms with Gasteiger partial charge in [0.2, 0.25) is 0 Å². The summed E-state index contributed by atoms with van der Waals surface area (Å²) in [6, 6.07) is 21.9. The van der Waals surface area contributed by atoms with Gasteiger partial charge in [-0.25, -0.2) is 9.18 Å². The van der Waals surface area contributed by atoms with Gasteiger partial charge in [0.15, 0.2) is 0 Å². The lowest BCUT2D eigenvalue weighted by Crippen LogP contribution is -2.29. The van der Waals surface area contributed by atoms with Crippen LogP contribution in [-0.2, 0) is 29.0 Å². The molecule has 1 aliphatic heterocycles. The van der Waals surface area contributed by atoms with Crippen LogP contribution >= 0.6 is 0 Å². The lowest BCUT2D eigenvalue weighted by atomic mass is 9.99. The van der Waals surface area contributed by atoms with Crippen LogP contribution in [0, 0.1) is 5.82 Å². The number of para-hydroxylation sites is 1. The normalized spacial score (nSPS) is 13.1. The Morgan fingerprint density at radius 3 is 2.73 bits per heavy atom. The Labute approximate surface area is 194 Å². The standard InChI is InChI=1S/C28H29FN2O2/c1-2-33-27(32)16-15-23-14-13-22(18-25(23)29)19-30-26-12-6-10-24-11-7-17-31(28(24)26)20-21-8-4-3-5-9-21/h3-6,8-10,12-16,18,30H,2,7,11,17,19-20H2,1H3/b16-15+. The zero-order valence-electron chi connectivity index (χ0n) is 18.9. The molecule has 0 aromatic heterocycles. The first-order valence-electron chi connectivity index (χ1n) is 11.4. The number of halogens is 1. The Balaban J connectivity index is 1.48. The van der Waals surface area contributed by atoms with Crippen molar-refractivity contribution in [2.24, 2.45) is 0 Å². The number of carbonyl (C=O) groups excluding carboxylic acids is 1. The fourth-order valence-corrected chi connectivity index (χ4v) is 4.20. The van der Waals surface area contributed by atoms with Crippen molar-refractivity contribution < 1.29 is 13.9 Å². The molecule has 0 aliphatic carbocycles. The quantitative estimate of drug-likeness (QED) is 0.343. The molecule has 4 nitrogen and oxygen atoms in total. The van der Waals surface area contributed by atoms with E-state index < -0.39 is 5.97 Å². The van der Waals surface area contributed by atoms with E-state index in [0.29, 0.717) is 18.7 Å². The number of ether oxygens (including phenoxy) is 1. The lowest BCUT2D eigenvalue weighted by Gasteiger charge is -2.33. The molecular weight excluding hydrogens is 415 g/mol. The molecule has 4 rings (SSSR count). The van der Waals surface area contributed by atoms with E-state index in [9.17, 15) is 9.18 Å². The molecule has 0 saturated heterocycles. The van der Waals surface area contributed by atoms with Gasteiger partial charge in [-0.3, -0.25) is 0 Å². The Bertz CT molecular complexity index is 1130. The summed E-state index contributed by atoms with van der Waals surface area (Å²) in [5.41, 5.74) is 6.13. The number of benzene rings is 3. The highest BCUT2D eigenvalue weighted by Crippen LogP contribution is 2.36. The van der Waals surface area contributed by atoms with Crippen LogP contribution in [0.5, 0.6) is 0 Å². The first-order valence-corrected chi connectivity index (χ1v) is 11.4. The number of hydrogen-bond donors (Lipinski definition) is 1. The largest absolute Gasteiger partial charge is 0.463 e. The minimum atomic E-state index is -0.475. The van der Waals surface area contributed by atoms with Crippen molar-refractivity contribution in [3.8, 4) is 0 Å². The maximum atomic E-state index is 14.6. The minimum absolute atomic E-state index is 0.294. The van der Waals surface area contributed by atoms with Crippen LogP contribution in [-0.4, -0.2) is 19.1 Å². The van der Waals surface area contributed by atoms with Gasteiger partial charge in [0.05, 0.1) is 18.0 Å². The van der Waals surface area contributed by atoms with Gasteiger partial charge in [-0.15, -0.1) is 0 Å². The number of hydrogen-bond acceptors (Lipinski definition) is 4. The number of esters is 1. The predicted molar refractivity (Wildman–Crippen MR) is 132 cm³/mol. The van der Waals surface area contributed by atoms with Crippen molar-refractivity contribution in [3.05, 3.63) is 101 Å². The monoisotopic (exact) mass is 444 g/mol. The molecule has 5 heteroatoms. The molecule has 0 atom stereocenters. The van der Waals surface area contributed by atoms with Crippen molar-refractivity contribution in [3.63, 3.8) is 0 Å². The minimum Gasteiger partial charge on any atom is -0.463 e. The first kappa shape index (κ1) is 22.6. The van der Waals surface area contributed by atoms with Crippen molar-refractivity contribution in [1.29, 1.82) is 0 Å². The number of anilines is 2. The van der Waals surface area contributed by atoms with E-state index in [2.05, 4.69) is 52.7 Å². The van der Waals surface area contributed by atoms with Crippen molar-refractivity contribution in [2.75, 3.05) is 23.4 Å². The summed E-state index contributed by atoms with van der Waals surface area (Å²) in [6.45, 7) is 4.41. The molecule has 1 aliphatic rings. The zero-order valence-corrected chi connectivity index (χ0v) is 18.9. The summed E-state index contributed by atoms with van der Waals surface area (Å²) in [5.74, 6) is -0.841. The fraction of sp³-hybridized carbons (Fsp3) is 0.250. The van der Waals surface area contributed by atoms with Crippen LogP contribution in [0.1, 0.15) is 35.6 Å². The maximum Gasteiger partial charge on any atom is 0.330 e. The average Bonchev–Trinajstić information content (AvgIpc) is 2.83. The molecule has 1 heterocycles. The second-order valence-electron chi connectivity index (χ2n) is 8.12. The predicted octanol–water partition coefficient (Wildman–Crippen LogP) is 5.97. The highest BCUT2D eigenvalue weighted by Gasteiger charge is 2.20. The second-order valence-corrected chi connectivity index (χ2v) is 8.12. The third-order valence-electron chi connectivity index (χ3n) is 5.76. The van der Waals surface area contributed by atoms with Crippen LogP contribution in [0.4, 0.5) is 15.8 Å². The van der Waals surface area contributed by atoms with E-state index in [1.165, 1.54) is 35.0 Å². The summed E-state index contributed by atoms with van der Waals surface area (Å²) in [6.07, 6.45) is 4.89. The number of carbonyl (C=O) groups is 1. The van der Waals surface area contributed by atoms with E-state index in [0.717, 1.165) is 37.2 Å². The van der Waals surface area contributed by atoms with E-state index in [-0.39, 0.29) is 5.82 Å². The zero-order chi connectivity index (χ0) is 23.0. The molecule has 3 aromatic rings. The smallest absolute Gasteiger partial charge is 0.330 e. The number of rotatable bonds is 8. The molecule has 0 bridgehead atoms. The SMILES string of the molecule is CCOC(=O)/C=C/c1ccc(CNc2cccc3c2N(Cc2ccccc2)CCC3)cc1F. The van der Waals surface area contributed by atoms with Gasteiger partial charge in [-0.2, -0.15) is 0 Å².